The van der Waals surface area contributed by atoms with Crippen molar-refractivity contribution < 1.29 is 8.42 Å². The maximum absolute atomic E-state index is 12.2. The van der Waals surface area contributed by atoms with Crippen LogP contribution in [0.5, 0.6) is 0 Å². The monoisotopic (exact) mass is 291 g/mol. The Morgan fingerprint density at radius 3 is 2.30 bits per heavy atom. The van der Waals surface area contributed by atoms with Gasteiger partial charge >= 0.3 is 0 Å². The van der Waals surface area contributed by atoms with Crippen LogP contribution in [0.3, 0.4) is 0 Å². The van der Waals surface area contributed by atoms with Gasteiger partial charge in [0.25, 0.3) is 10.0 Å². The van der Waals surface area contributed by atoms with Gasteiger partial charge in [-0.3, -0.25) is 4.72 Å². The van der Waals surface area contributed by atoms with Gasteiger partial charge in [0.05, 0.1) is 0 Å². The molecule has 106 valence electrons. The molecule has 2 aromatic rings. The van der Waals surface area contributed by atoms with Gasteiger partial charge < -0.3 is 5.73 Å². The molecule has 1 aromatic carbocycles. The average molecular weight is 291 g/mol. The highest BCUT2D eigenvalue weighted by molar-refractivity contribution is 7.92. The summed E-state index contributed by atoms with van der Waals surface area (Å²) in [5, 5.41) is -0.0196. The van der Waals surface area contributed by atoms with Crippen molar-refractivity contribution in [3.8, 4) is 0 Å². The van der Waals surface area contributed by atoms with Crippen molar-refractivity contribution in [1.29, 1.82) is 0 Å². The van der Waals surface area contributed by atoms with Crippen LogP contribution < -0.4 is 10.5 Å². The molecule has 0 amide bonds. The van der Waals surface area contributed by atoms with Gasteiger partial charge in [-0.15, -0.1) is 0 Å². The first kappa shape index (κ1) is 14.5. The number of hydrogen-bond acceptors (Lipinski definition) is 4. The molecule has 0 fully saturated rings. The lowest BCUT2D eigenvalue weighted by Gasteiger charge is -2.09. The van der Waals surface area contributed by atoms with E-state index in [0.717, 1.165) is 16.7 Å². The Morgan fingerprint density at radius 2 is 1.80 bits per heavy atom. The molecule has 2 rings (SSSR count). The SMILES string of the molecule is Cc1cc(C)cc(NS(=O)(=O)c2ccc(CN)cn2)c1. The lowest BCUT2D eigenvalue weighted by molar-refractivity contribution is 0.597. The molecule has 5 nitrogen and oxygen atoms in total. The van der Waals surface area contributed by atoms with Gasteiger partial charge in [0.1, 0.15) is 0 Å². The summed E-state index contributed by atoms with van der Waals surface area (Å²) in [6.45, 7) is 4.16. The van der Waals surface area contributed by atoms with Crippen LogP contribution in [0, 0.1) is 13.8 Å². The highest BCUT2D eigenvalue weighted by Gasteiger charge is 2.15. The Kier molecular flexibility index (Phi) is 4.06. The van der Waals surface area contributed by atoms with E-state index in [9.17, 15) is 8.42 Å². The molecule has 1 heterocycles. The molecule has 0 atom stereocenters. The van der Waals surface area contributed by atoms with Gasteiger partial charge in [-0.25, -0.2) is 4.98 Å². The minimum atomic E-state index is -3.67. The number of hydrogen-bond donors (Lipinski definition) is 2. The second kappa shape index (κ2) is 5.60. The topological polar surface area (TPSA) is 85.1 Å². The Hall–Kier alpha value is -1.92. The first-order valence-corrected chi connectivity index (χ1v) is 7.65. The minimum absolute atomic E-state index is 0.0196. The number of rotatable bonds is 4. The Bertz CT molecular complexity index is 689. The summed E-state index contributed by atoms with van der Waals surface area (Å²) in [5.41, 5.74) is 8.77. The molecule has 1 aromatic heterocycles. The van der Waals surface area contributed by atoms with Crippen LogP contribution in [0.1, 0.15) is 16.7 Å². The average Bonchev–Trinajstić information content (AvgIpc) is 2.37. The molecule has 0 saturated heterocycles. The molecule has 0 radical (unpaired) electrons. The summed E-state index contributed by atoms with van der Waals surface area (Å²) in [6, 6.07) is 8.64. The molecular formula is C14H17N3O2S. The van der Waals surface area contributed by atoms with Crippen LogP contribution in [0.15, 0.2) is 41.6 Å². The molecule has 3 N–H and O–H groups in total. The van der Waals surface area contributed by atoms with Gasteiger partial charge in [-0.05, 0) is 48.7 Å². The molecule has 0 unspecified atom stereocenters. The van der Waals surface area contributed by atoms with E-state index >= 15 is 0 Å². The third-order valence-electron chi connectivity index (χ3n) is 2.78. The number of aromatic nitrogens is 1. The number of sulfonamides is 1. The molecule has 0 aliphatic carbocycles. The summed E-state index contributed by atoms with van der Waals surface area (Å²) in [5.74, 6) is 0. The highest BCUT2D eigenvalue weighted by atomic mass is 32.2. The van der Waals surface area contributed by atoms with Crippen molar-refractivity contribution in [2.24, 2.45) is 5.73 Å². The van der Waals surface area contributed by atoms with Gasteiger partial charge in [-0.2, -0.15) is 8.42 Å². The Labute approximate surface area is 118 Å². The zero-order valence-electron chi connectivity index (χ0n) is 11.4. The summed E-state index contributed by atoms with van der Waals surface area (Å²) < 4.78 is 27.0. The van der Waals surface area contributed by atoms with Crippen LogP contribution >= 0.6 is 0 Å². The third-order valence-corrected chi connectivity index (χ3v) is 4.08. The zero-order chi connectivity index (χ0) is 14.8. The lowest BCUT2D eigenvalue weighted by Crippen LogP contribution is -2.15. The van der Waals surface area contributed by atoms with Gasteiger partial charge in [0.15, 0.2) is 5.03 Å². The van der Waals surface area contributed by atoms with E-state index in [0.29, 0.717) is 12.2 Å². The first-order chi connectivity index (χ1) is 9.40. The van der Waals surface area contributed by atoms with Crippen molar-refractivity contribution >= 4 is 15.7 Å². The van der Waals surface area contributed by atoms with Gasteiger partial charge in [-0.1, -0.05) is 12.1 Å². The summed E-state index contributed by atoms with van der Waals surface area (Å²) in [6.07, 6.45) is 1.47. The predicted molar refractivity (Wildman–Crippen MR) is 78.9 cm³/mol. The molecule has 0 saturated carbocycles. The first-order valence-electron chi connectivity index (χ1n) is 6.17. The molecule has 6 heteroatoms. The number of pyridine rings is 1. The van der Waals surface area contributed by atoms with Crippen molar-refractivity contribution in [2.75, 3.05) is 4.72 Å². The van der Waals surface area contributed by atoms with Crippen LogP contribution in [0.25, 0.3) is 0 Å². The highest BCUT2D eigenvalue weighted by Crippen LogP contribution is 2.18. The quantitative estimate of drug-likeness (QED) is 0.901. The molecule has 20 heavy (non-hydrogen) atoms. The minimum Gasteiger partial charge on any atom is -0.326 e. The molecular weight excluding hydrogens is 274 g/mol. The second-order valence-corrected chi connectivity index (χ2v) is 6.32. The maximum Gasteiger partial charge on any atom is 0.279 e. The number of aryl methyl sites for hydroxylation is 2. The van der Waals surface area contributed by atoms with Crippen LogP contribution in [-0.4, -0.2) is 13.4 Å². The fraction of sp³-hybridized carbons (Fsp3) is 0.214. The summed E-state index contributed by atoms with van der Waals surface area (Å²) in [7, 11) is -3.67. The Morgan fingerprint density at radius 1 is 1.15 bits per heavy atom. The van der Waals surface area contributed by atoms with Crippen molar-refractivity contribution in [3.63, 3.8) is 0 Å². The molecule has 0 aliphatic heterocycles. The molecule has 0 spiro atoms. The van der Waals surface area contributed by atoms with E-state index in [4.69, 9.17) is 5.73 Å². The van der Waals surface area contributed by atoms with Crippen molar-refractivity contribution in [2.45, 2.75) is 25.4 Å². The number of benzene rings is 1. The van der Waals surface area contributed by atoms with Crippen LogP contribution in [-0.2, 0) is 16.6 Å². The van der Waals surface area contributed by atoms with E-state index in [1.807, 2.05) is 19.9 Å². The van der Waals surface area contributed by atoms with E-state index in [-0.39, 0.29) is 5.03 Å². The smallest absolute Gasteiger partial charge is 0.279 e. The number of nitrogens with one attached hydrogen (secondary N) is 1. The maximum atomic E-state index is 12.2. The zero-order valence-corrected chi connectivity index (χ0v) is 12.2. The lowest BCUT2D eigenvalue weighted by atomic mass is 10.1. The van der Waals surface area contributed by atoms with E-state index in [1.54, 1.807) is 18.2 Å². The summed E-state index contributed by atoms with van der Waals surface area (Å²) in [4.78, 5) is 3.93. The largest absolute Gasteiger partial charge is 0.326 e. The number of nitrogens with zero attached hydrogens (tertiary/aromatic N) is 1. The van der Waals surface area contributed by atoms with E-state index in [1.165, 1.54) is 12.3 Å². The van der Waals surface area contributed by atoms with Crippen LogP contribution in [0.4, 0.5) is 5.69 Å². The number of anilines is 1. The van der Waals surface area contributed by atoms with E-state index < -0.39 is 10.0 Å². The normalized spacial score (nSPS) is 11.3. The van der Waals surface area contributed by atoms with Gasteiger partial charge in [0, 0.05) is 18.4 Å². The molecule has 0 aliphatic rings. The fourth-order valence-electron chi connectivity index (χ4n) is 1.93. The van der Waals surface area contributed by atoms with Crippen molar-refractivity contribution in [3.05, 3.63) is 53.2 Å². The van der Waals surface area contributed by atoms with Crippen LogP contribution in [0.2, 0.25) is 0 Å². The van der Waals surface area contributed by atoms with E-state index in [2.05, 4.69) is 9.71 Å². The predicted octanol–water partition coefficient (Wildman–Crippen LogP) is 1.96. The molecule has 0 bridgehead atoms. The standard InChI is InChI=1S/C14H17N3O2S/c1-10-5-11(2)7-13(6-10)17-20(18,19)14-4-3-12(8-15)9-16-14/h3-7,9,17H,8,15H2,1-2H3. The third kappa shape index (κ3) is 3.34. The van der Waals surface area contributed by atoms with Gasteiger partial charge in [0.2, 0.25) is 0 Å². The summed E-state index contributed by atoms with van der Waals surface area (Å²) >= 11 is 0. The fourth-order valence-corrected chi connectivity index (χ4v) is 2.90. The van der Waals surface area contributed by atoms with Crippen molar-refractivity contribution in [1.82, 2.24) is 4.98 Å². The number of nitrogens with two attached hydrogens (primary N) is 1. The second-order valence-electron chi connectivity index (χ2n) is 4.69. The Balaban J connectivity index is 2.30.